The Bertz CT molecular complexity index is 675. The van der Waals surface area contributed by atoms with Gasteiger partial charge in [0.15, 0.2) is 0 Å². The maximum atomic E-state index is 13.8. The third kappa shape index (κ3) is 4.26. The zero-order chi connectivity index (χ0) is 17.8. The number of benzene rings is 2. The summed E-state index contributed by atoms with van der Waals surface area (Å²) in [4.78, 5) is 0. The smallest absolute Gasteiger partial charge is 0.129 e. The molecule has 0 N–H and O–H groups in total. The summed E-state index contributed by atoms with van der Waals surface area (Å²) in [6, 6.07) is 10.9. The van der Waals surface area contributed by atoms with Crippen molar-refractivity contribution >= 4 is 0 Å². The third-order valence-electron chi connectivity index (χ3n) is 5.59. The fraction of sp³-hybridized carbons (Fsp3) is 0.455. The van der Waals surface area contributed by atoms with E-state index in [1.165, 1.54) is 37.5 Å². The Balaban J connectivity index is 1.67. The van der Waals surface area contributed by atoms with E-state index in [0.29, 0.717) is 23.8 Å². The van der Waals surface area contributed by atoms with Crippen LogP contribution in [0, 0.1) is 24.5 Å². The van der Waals surface area contributed by atoms with Gasteiger partial charge in [0.05, 0.1) is 6.67 Å². The van der Waals surface area contributed by atoms with E-state index in [2.05, 4.69) is 12.1 Å². The van der Waals surface area contributed by atoms with Crippen LogP contribution in [0.15, 0.2) is 36.4 Å². The lowest BCUT2D eigenvalue weighted by Crippen LogP contribution is -2.13. The van der Waals surface area contributed by atoms with Crippen LogP contribution in [0.1, 0.15) is 55.6 Å². The van der Waals surface area contributed by atoms with Crippen molar-refractivity contribution < 1.29 is 13.2 Å². The zero-order valence-corrected chi connectivity index (χ0v) is 14.7. The lowest BCUT2D eigenvalue weighted by molar-refractivity contribution is 0.293. The molecule has 2 aromatic carbocycles. The summed E-state index contributed by atoms with van der Waals surface area (Å²) < 4.78 is 39.8. The Labute approximate surface area is 148 Å². The predicted molar refractivity (Wildman–Crippen MR) is 96.4 cm³/mol. The highest BCUT2D eigenvalue weighted by Gasteiger charge is 2.22. The van der Waals surface area contributed by atoms with E-state index in [0.717, 1.165) is 24.8 Å². The van der Waals surface area contributed by atoms with Crippen molar-refractivity contribution in [2.24, 2.45) is 5.92 Å². The third-order valence-corrected chi connectivity index (χ3v) is 5.59. The monoisotopic (exact) mass is 346 g/mol. The Kier molecular flexibility index (Phi) is 5.82. The van der Waals surface area contributed by atoms with Crippen LogP contribution in [0.2, 0.25) is 0 Å². The molecule has 1 aliphatic rings. The van der Waals surface area contributed by atoms with Crippen molar-refractivity contribution in [2.45, 2.75) is 51.4 Å². The molecule has 1 aliphatic carbocycles. The molecular formula is C22H25F3. The van der Waals surface area contributed by atoms with Crippen molar-refractivity contribution in [3.05, 3.63) is 59.2 Å². The summed E-state index contributed by atoms with van der Waals surface area (Å²) in [5.74, 6) is 0.198. The Hall–Kier alpha value is -1.77. The molecule has 134 valence electrons. The van der Waals surface area contributed by atoms with Crippen molar-refractivity contribution in [3.8, 4) is 11.1 Å². The molecule has 0 atom stereocenters. The average molecular weight is 346 g/mol. The number of hydrogen-bond donors (Lipinski definition) is 0. The minimum atomic E-state index is -0.509. The molecule has 0 saturated heterocycles. The quantitative estimate of drug-likeness (QED) is 0.549. The molecule has 3 rings (SSSR count). The molecule has 25 heavy (non-hydrogen) atoms. The zero-order valence-electron chi connectivity index (χ0n) is 14.7. The van der Waals surface area contributed by atoms with E-state index in [4.69, 9.17) is 0 Å². The lowest BCUT2D eigenvalue weighted by atomic mass is 9.77. The fourth-order valence-electron chi connectivity index (χ4n) is 3.91. The molecule has 0 nitrogen and oxygen atoms in total. The number of rotatable bonds is 5. The van der Waals surface area contributed by atoms with Gasteiger partial charge in [-0.1, -0.05) is 24.3 Å². The first-order valence-electron chi connectivity index (χ1n) is 9.20. The average Bonchev–Trinajstić information content (AvgIpc) is 2.64. The van der Waals surface area contributed by atoms with Gasteiger partial charge in [-0.2, -0.15) is 0 Å². The normalized spacial score (nSPS) is 20.6. The van der Waals surface area contributed by atoms with Crippen LogP contribution in [0.25, 0.3) is 11.1 Å². The van der Waals surface area contributed by atoms with Gasteiger partial charge in [-0.3, -0.25) is 4.39 Å². The van der Waals surface area contributed by atoms with Crippen LogP contribution in [0.3, 0.4) is 0 Å². The maximum absolute atomic E-state index is 13.8. The Morgan fingerprint density at radius 1 is 0.880 bits per heavy atom. The highest BCUT2D eigenvalue weighted by molar-refractivity contribution is 5.64. The van der Waals surface area contributed by atoms with Gasteiger partial charge in [-0.25, -0.2) is 8.78 Å². The van der Waals surface area contributed by atoms with Crippen molar-refractivity contribution in [1.82, 2.24) is 0 Å². The highest BCUT2D eigenvalue weighted by Crippen LogP contribution is 2.38. The predicted octanol–water partition coefficient (Wildman–Crippen LogP) is 6.96. The molecule has 3 heteroatoms. The van der Waals surface area contributed by atoms with Gasteiger partial charge in [-0.15, -0.1) is 0 Å². The molecule has 0 spiro atoms. The van der Waals surface area contributed by atoms with E-state index < -0.39 is 11.6 Å². The van der Waals surface area contributed by atoms with E-state index in [1.807, 2.05) is 12.1 Å². The number of halogens is 3. The maximum Gasteiger partial charge on any atom is 0.129 e. The molecule has 0 heterocycles. The van der Waals surface area contributed by atoms with Crippen LogP contribution in [0.5, 0.6) is 0 Å². The van der Waals surface area contributed by atoms with Gasteiger partial charge in [-0.05, 0) is 86.1 Å². The Morgan fingerprint density at radius 3 is 2.04 bits per heavy atom. The summed E-state index contributed by atoms with van der Waals surface area (Å²) in [5.41, 5.74) is 2.76. The summed E-state index contributed by atoms with van der Waals surface area (Å²) >= 11 is 0. The summed E-state index contributed by atoms with van der Waals surface area (Å²) in [6.45, 7) is 1.24. The van der Waals surface area contributed by atoms with Crippen LogP contribution in [0.4, 0.5) is 13.2 Å². The van der Waals surface area contributed by atoms with Crippen LogP contribution in [-0.2, 0) is 0 Å². The van der Waals surface area contributed by atoms with Gasteiger partial charge in [0.1, 0.15) is 11.6 Å². The second-order valence-electron chi connectivity index (χ2n) is 7.24. The molecule has 0 aliphatic heterocycles. The molecule has 0 amide bonds. The van der Waals surface area contributed by atoms with Crippen molar-refractivity contribution in [2.75, 3.05) is 6.67 Å². The first-order valence-corrected chi connectivity index (χ1v) is 9.20. The van der Waals surface area contributed by atoms with E-state index in [-0.39, 0.29) is 12.2 Å². The number of hydrogen-bond acceptors (Lipinski definition) is 0. The Morgan fingerprint density at radius 2 is 1.48 bits per heavy atom. The minimum Gasteiger partial charge on any atom is -0.251 e. The summed E-state index contributed by atoms with van der Waals surface area (Å²) in [5, 5.41) is 0. The summed E-state index contributed by atoms with van der Waals surface area (Å²) in [7, 11) is 0. The largest absolute Gasteiger partial charge is 0.251 e. The molecule has 1 saturated carbocycles. The van der Waals surface area contributed by atoms with Crippen LogP contribution in [-0.4, -0.2) is 6.67 Å². The first-order chi connectivity index (χ1) is 12.1. The molecule has 0 radical (unpaired) electrons. The molecule has 1 fully saturated rings. The lowest BCUT2D eigenvalue weighted by Gasteiger charge is -2.28. The topological polar surface area (TPSA) is 0 Å². The number of alkyl halides is 1. The van der Waals surface area contributed by atoms with Gasteiger partial charge in [0.2, 0.25) is 0 Å². The highest BCUT2D eigenvalue weighted by atomic mass is 19.1. The molecular weight excluding hydrogens is 321 g/mol. The molecule has 0 bridgehead atoms. The van der Waals surface area contributed by atoms with E-state index in [1.54, 1.807) is 0 Å². The molecule has 0 unspecified atom stereocenters. The minimum absolute atomic E-state index is 0.0601. The first kappa shape index (κ1) is 18.0. The second-order valence-corrected chi connectivity index (χ2v) is 7.24. The van der Waals surface area contributed by atoms with Gasteiger partial charge in [0.25, 0.3) is 0 Å². The van der Waals surface area contributed by atoms with Crippen LogP contribution >= 0.6 is 0 Å². The standard InChI is InChI=1S/C22H25F3/c1-15-21(24)13-20(14-22(15)25)19-10-8-18(9-11-19)17-6-4-16(5-7-17)3-2-12-23/h8-11,13-14,16-17H,2-7,12H2,1H3. The van der Waals surface area contributed by atoms with Gasteiger partial charge in [0, 0.05) is 5.56 Å². The molecule has 0 aromatic heterocycles. The van der Waals surface area contributed by atoms with Crippen molar-refractivity contribution in [1.29, 1.82) is 0 Å². The van der Waals surface area contributed by atoms with Gasteiger partial charge >= 0.3 is 0 Å². The second kappa shape index (κ2) is 8.07. The van der Waals surface area contributed by atoms with E-state index >= 15 is 0 Å². The van der Waals surface area contributed by atoms with E-state index in [9.17, 15) is 13.2 Å². The van der Waals surface area contributed by atoms with Crippen LogP contribution < -0.4 is 0 Å². The van der Waals surface area contributed by atoms with Crippen molar-refractivity contribution in [3.63, 3.8) is 0 Å². The molecule has 2 aromatic rings. The fourth-order valence-corrected chi connectivity index (χ4v) is 3.91. The SMILES string of the molecule is Cc1c(F)cc(-c2ccc(C3CCC(CCCF)CC3)cc2)cc1F. The summed E-state index contributed by atoms with van der Waals surface area (Å²) in [6.07, 6.45) is 6.32. The van der Waals surface area contributed by atoms with Gasteiger partial charge < -0.3 is 0 Å².